The maximum Gasteiger partial charge on any atom is 0.276 e. The van der Waals surface area contributed by atoms with Gasteiger partial charge in [0.2, 0.25) is 5.09 Å². The fourth-order valence-electron chi connectivity index (χ4n) is 2.07. The lowest BCUT2D eigenvalue weighted by Crippen LogP contribution is -2.32. The number of hydrogen-bond acceptors (Lipinski definition) is 5. The zero-order chi connectivity index (χ0) is 14.4. The molecule has 0 amide bonds. The second kappa shape index (κ2) is 7.49. The molecular weight excluding hydrogens is 296 g/mol. The summed E-state index contributed by atoms with van der Waals surface area (Å²) in [4.78, 5) is 0. The summed E-state index contributed by atoms with van der Waals surface area (Å²) in [6.45, 7) is 4.70. The number of rotatable bonds is 6. The zero-order valence-corrected chi connectivity index (χ0v) is 13.4. The second-order valence-corrected chi connectivity index (χ2v) is 7.86. The molecule has 0 spiro atoms. The van der Waals surface area contributed by atoms with E-state index in [-0.39, 0.29) is 5.09 Å². The van der Waals surface area contributed by atoms with Crippen molar-refractivity contribution in [1.29, 1.82) is 0 Å². The third-order valence-corrected chi connectivity index (χ3v) is 5.96. The molecule has 1 aromatic heterocycles. The van der Waals surface area contributed by atoms with Gasteiger partial charge in [-0.2, -0.15) is 16.1 Å². The molecule has 1 aliphatic rings. The topological polar surface area (TPSA) is 62.6 Å². The van der Waals surface area contributed by atoms with E-state index in [1.165, 1.54) is 4.31 Å². The summed E-state index contributed by atoms with van der Waals surface area (Å²) in [5, 5.41) is 3.27. The molecule has 2 rings (SSSR count). The summed E-state index contributed by atoms with van der Waals surface area (Å²) in [6, 6.07) is 3.30. The lowest BCUT2D eigenvalue weighted by Gasteiger charge is -2.17. The first-order chi connectivity index (χ1) is 9.64. The minimum atomic E-state index is -3.47. The second-order valence-electron chi connectivity index (χ2n) is 4.77. The van der Waals surface area contributed by atoms with Crippen molar-refractivity contribution < 1.29 is 12.8 Å². The van der Waals surface area contributed by atoms with Crippen molar-refractivity contribution in [2.24, 2.45) is 0 Å². The largest absolute Gasteiger partial charge is 0.447 e. The predicted molar refractivity (Wildman–Crippen MR) is 81.4 cm³/mol. The minimum absolute atomic E-state index is 0.0673. The van der Waals surface area contributed by atoms with Crippen LogP contribution in [0.2, 0.25) is 0 Å². The molecule has 1 saturated heterocycles. The van der Waals surface area contributed by atoms with E-state index in [0.29, 0.717) is 25.4 Å². The van der Waals surface area contributed by atoms with Crippen LogP contribution in [0.4, 0.5) is 0 Å². The molecule has 114 valence electrons. The van der Waals surface area contributed by atoms with E-state index in [0.717, 1.165) is 30.9 Å². The third-order valence-electron chi connectivity index (χ3n) is 3.14. The molecule has 0 saturated carbocycles. The quantitative estimate of drug-likeness (QED) is 0.812. The molecule has 2 heterocycles. The standard InChI is InChI=1S/C13H22N2O3S2/c1-2-6-14-11-12-4-5-13(18-12)20(16,17)15-7-3-9-19-10-8-15/h4-5,14H,2-3,6-11H2,1H3. The van der Waals surface area contributed by atoms with Crippen LogP contribution < -0.4 is 5.32 Å². The van der Waals surface area contributed by atoms with Gasteiger partial charge in [-0.1, -0.05) is 6.92 Å². The molecule has 7 heteroatoms. The Morgan fingerprint density at radius 1 is 1.35 bits per heavy atom. The SMILES string of the molecule is CCCNCc1ccc(S(=O)(=O)N2CCCSCC2)o1. The highest BCUT2D eigenvalue weighted by Gasteiger charge is 2.28. The first kappa shape index (κ1) is 15.9. The van der Waals surface area contributed by atoms with Gasteiger partial charge in [0.15, 0.2) is 0 Å². The van der Waals surface area contributed by atoms with Crippen LogP contribution in [0.5, 0.6) is 0 Å². The highest BCUT2D eigenvalue weighted by atomic mass is 32.2. The van der Waals surface area contributed by atoms with E-state index < -0.39 is 10.0 Å². The summed E-state index contributed by atoms with van der Waals surface area (Å²) in [7, 11) is -3.47. The molecule has 1 aromatic rings. The maximum atomic E-state index is 12.5. The van der Waals surface area contributed by atoms with Crippen molar-refractivity contribution in [3.8, 4) is 0 Å². The van der Waals surface area contributed by atoms with Crippen molar-refractivity contribution in [2.75, 3.05) is 31.1 Å². The van der Waals surface area contributed by atoms with Gasteiger partial charge in [-0.05, 0) is 37.3 Å². The molecule has 1 N–H and O–H groups in total. The Morgan fingerprint density at radius 3 is 3.00 bits per heavy atom. The predicted octanol–water partition coefficient (Wildman–Crippen LogP) is 1.91. The van der Waals surface area contributed by atoms with Crippen molar-refractivity contribution >= 4 is 21.8 Å². The Labute approximate surface area is 125 Å². The Morgan fingerprint density at radius 2 is 2.20 bits per heavy atom. The Bertz CT molecular complexity index is 505. The van der Waals surface area contributed by atoms with Crippen LogP contribution in [0.25, 0.3) is 0 Å². The van der Waals surface area contributed by atoms with E-state index in [2.05, 4.69) is 12.2 Å². The van der Waals surface area contributed by atoms with Crippen LogP contribution in [0.15, 0.2) is 21.6 Å². The van der Waals surface area contributed by atoms with Crippen LogP contribution in [0.1, 0.15) is 25.5 Å². The van der Waals surface area contributed by atoms with Crippen LogP contribution in [-0.4, -0.2) is 43.9 Å². The smallest absolute Gasteiger partial charge is 0.276 e. The van der Waals surface area contributed by atoms with E-state index in [9.17, 15) is 8.42 Å². The molecule has 0 radical (unpaired) electrons. The number of thioether (sulfide) groups is 1. The highest BCUT2D eigenvalue weighted by molar-refractivity contribution is 7.99. The van der Waals surface area contributed by atoms with Gasteiger partial charge in [-0.3, -0.25) is 0 Å². The Hall–Kier alpha value is -0.500. The van der Waals surface area contributed by atoms with Crippen molar-refractivity contribution in [1.82, 2.24) is 9.62 Å². The van der Waals surface area contributed by atoms with E-state index in [1.807, 2.05) is 0 Å². The van der Waals surface area contributed by atoms with Gasteiger partial charge in [0.05, 0.1) is 6.54 Å². The number of nitrogens with zero attached hydrogens (tertiary/aromatic N) is 1. The van der Waals surface area contributed by atoms with Crippen LogP contribution in [0.3, 0.4) is 0 Å². The molecule has 5 nitrogen and oxygen atoms in total. The average Bonchev–Trinajstić information content (AvgIpc) is 2.73. The lowest BCUT2D eigenvalue weighted by molar-refractivity contribution is 0.371. The van der Waals surface area contributed by atoms with E-state index >= 15 is 0 Å². The van der Waals surface area contributed by atoms with Crippen LogP contribution in [-0.2, 0) is 16.6 Å². The monoisotopic (exact) mass is 318 g/mol. The van der Waals surface area contributed by atoms with E-state index in [4.69, 9.17) is 4.42 Å². The number of nitrogens with one attached hydrogen (secondary N) is 1. The minimum Gasteiger partial charge on any atom is -0.447 e. The van der Waals surface area contributed by atoms with Gasteiger partial charge in [0.25, 0.3) is 10.0 Å². The highest BCUT2D eigenvalue weighted by Crippen LogP contribution is 2.21. The van der Waals surface area contributed by atoms with Crippen molar-refractivity contribution in [3.63, 3.8) is 0 Å². The third kappa shape index (κ3) is 4.00. The van der Waals surface area contributed by atoms with Gasteiger partial charge in [0.1, 0.15) is 5.76 Å². The van der Waals surface area contributed by atoms with E-state index in [1.54, 1.807) is 23.9 Å². The molecule has 0 aromatic carbocycles. The number of sulfonamides is 1. The van der Waals surface area contributed by atoms with Gasteiger partial charge >= 0.3 is 0 Å². The normalized spacial score (nSPS) is 18.1. The zero-order valence-electron chi connectivity index (χ0n) is 11.8. The molecule has 0 aliphatic carbocycles. The molecule has 0 bridgehead atoms. The Kier molecular flexibility index (Phi) is 5.95. The molecular formula is C13H22N2O3S2. The summed E-state index contributed by atoms with van der Waals surface area (Å²) in [5.74, 6) is 2.54. The summed E-state index contributed by atoms with van der Waals surface area (Å²) < 4.78 is 32.0. The van der Waals surface area contributed by atoms with Gasteiger partial charge in [0, 0.05) is 18.8 Å². The van der Waals surface area contributed by atoms with Crippen LogP contribution in [0, 0.1) is 0 Å². The molecule has 1 fully saturated rings. The molecule has 20 heavy (non-hydrogen) atoms. The average molecular weight is 318 g/mol. The fraction of sp³-hybridized carbons (Fsp3) is 0.692. The van der Waals surface area contributed by atoms with Crippen molar-refractivity contribution in [2.45, 2.75) is 31.4 Å². The van der Waals surface area contributed by atoms with Crippen LogP contribution >= 0.6 is 11.8 Å². The first-order valence-electron chi connectivity index (χ1n) is 7.02. The molecule has 1 aliphatic heterocycles. The number of furan rings is 1. The fourth-order valence-corrected chi connectivity index (χ4v) is 4.48. The number of hydrogen-bond donors (Lipinski definition) is 1. The molecule has 0 atom stereocenters. The summed E-state index contributed by atoms with van der Waals surface area (Å²) in [6.07, 6.45) is 1.94. The lowest BCUT2D eigenvalue weighted by atomic mass is 10.4. The first-order valence-corrected chi connectivity index (χ1v) is 9.61. The van der Waals surface area contributed by atoms with Gasteiger partial charge in [-0.25, -0.2) is 8.42 Å². The van der Waals surface area contributed by atoms with Gasteiger partial charge in [-0.15, -0.1) is 0 Å². The van der Waals surface area contributed by atoms with Crippen molar-refractivity contribution in [3.05, 3.63) is 17.9 Å². The van der Waals surface area contributed by atoms with Gasteiger partial charge < -0.3 is 9.73 Å². The molecule has 0 unspecified atom stereocenters. The summed E-state index contributed by atoms with van der Waals surface area (Å²) >= 11 is 1.80. The Balaban J connectivity index is 2.05. The maximum absolute atomic E-state index is 12.5. The summed E-state index contributed by atoms with van der Waals surface area (Å²) in [5.41, 5.74) is 0.